The summed E-state index contributed by atoms with van der Waals surface area (Å²) in [7, 11) is 0. The van der Waals surface area contributed by atoms with Gasteiger partial charge in [0.2, 0.25) is 5.88 Å². The van der Waals surface area contributed by atoms with Crippen LogP contribution in [0.3, 0.4) is 0 Å². The molecule has 0 saturated heterocycles. The van der Waals surface area contributed by atoms with Gasteiger partial charge in [0.25, 0.3) is 0 Å². The van der Waals surface area contributed by atoms with Crippen LogP contribution in [0.2, 0.25) is 0 Å². The number of carbonyl (C=O) groups is 1. The van der Waals surface area contributed by atoms with E-state index in [1.807, 2.05) is 37.3 Å². The van der Waals surface area contributed by atoms with Gasteiger partial charge < -0.3 is 10.2 Å². The molecule has 2 aromatic carbocycles. The summed E-state index contributed by atoms with van der Waals surface area (Å²) < 4.78 is 1.42. The summed E-state index contributed by atoms with van der Waals surface area (Å²) in [6, 6.07) is 16.2. The predicted octanol–water partition coefficient (Wildman–Crippen LogP) is 4.55. The number of benzene rings is 2. The van der Waals surface area contributed by atoms with Crippen LogP contribution in [-0.4, -0.2) is 25.5 Å². The fourth-order valence-electron chi connectivity index (χ4n) is 2.99. The standard InChI is InChI=1S/C21H16N2O3S/c1-13-7-9-14(10-8-13)17-16(18(24)15-5-3-2-4-6-15)19(25)20(26)23(17)21-22-11-12-27-21/h2-12,25-26H,1H3. The van der Waals surface area contributed by atoms with E-state index >= 15 is 0 Å². The number of ketones is 1. The second-order valence-electron chi connectivity index (χ2n) is 6.11. The highest BCUT2D eigenvalue weighted by atomic mass is 32.1. The fraction of sp³-hybridized carbons (Fsp3) is 0.0476. The maximum atomic E-state index is 13.2. The summed E-state index contributed by atoms with van der Waals surface area (Å²) in [5.41, 5.74) is 2.66. The number of rotatable bonds is 4. The molecular weight excluding hydrogens is 360 g/mol. The molecule has 2 aromatic heterocycles. The van der Waals surface area contributed by atoms with Gasteiger partial charge in [0.1, 0.15) is 0 Å². The number of aromatic hydroxyl groups is 2. The van der Waals surface area contributed by atoms with Crippen LogP contribution in [0.15, 0.2) is 66.2 Å². The molecule has 0 aliphatic heterocycles. The third-order valence-electron chi connectivity index (χ3n) is 4.32. The van der Waals surface area contributed by atoms with Gasteiger partial charge in [-0.15, -0.1) is 11.3 Å². The van der Waals surface area contributed by atoms with Gasteiger partial charge in [0, 0.05) is 17.1 Å². The smallest absolute Gasteiger partial charge is 0.242 e. The highest BCUT2D eigenvalue weighted by Crippen LogP contribution is 2.44. The molecule has 0 atom stereocenters. The van der Waals surface area contributed by atoms with Gasteiger partial charge in [-0.2, -0.15) is 0 Å². The third kappa shape index (κ3) is 2.90. The Morgan fingerprint density at radius 2 is 1.74 bits per heavy atom. The first-order valence-electron chi connectivity index (χ1n) is 8.31. The van der Waals surface area contributed by atoms with Crippen molar-refractivity contribution < 1.29 is 15.0 Å². The summed E-state index contributed by atoms with van der Waals surface area (Å²) in [5.74, 6) is -1.22. The molecule has 4 rings (SSSR count). The maximum absolute atomic E-state index is 13.2. The Morgan fingerprint density at radius 3 is 2.37 bits per heavy atom. The van der Waals surface area contributed by atoms with Gasteiger partial charge in [0.05, 0.1) is 11.3 Å². The highest BCUT2D eigenvalue weighted by Gasteiger charge is 2.30. The number of hydrogen-bond acceptors (Lipinski definition) is 5. The lowest BCUT2D eigenvalue weighted by atomic mass is 9.99. The Morgan fingerprint density at radius 1 is 1.04 bits per heavy atom. The average Bonchev–Trinajstić information content (AvgIpc) is 3.30. The molecule has 4 aromatic rings. The van der Waals surface area contributed by atoms with Crippen molar-refractivity contribution in [2.24, 2.45) is 0 Å². The summed E-state index contributed by atoms with van der Waals surface area (Å²) in [5, 5.41) is 23.5. The molecule has 27 heavy (non-hydrogen) atoms. The van der Waals surface area contributed by atoms with Crippen molar-refractivity contribution in [3.8, 4) is 28.0 Å². The van der Waals surface area contributed by atoms with Crippen LogP contribution in [0.25, 0.3) is 16.4 Å². The third-order valence-corrected chi connectivity index (χ3v) is 5.08. The summed E-state index contributed by atoms with van der Waals surface area (Å²) >= 11 is 1.30. The van der Waals surface area contributed by atoms with Crippen LogP contribution >= 0.6 is 11.3 Å². The minimum atomic E-state index is -0.449. The van der Waals surface area contributed by atoms with Crippen LogP contribution in [-0.2, 0) is 0 Å². The van der Waals surface area contributed by atoms with E-state index in [4.69, 9.17) is 0 Å². The number of nitrogens with zero attached hydrogens (tertiary/aromatic N) is 2. The van der Waals surface area contributed by atoms with Gasteiger partial charge in [-0.05, 0) is 12.5 Å². The topological polar surface area (TPSA) is 75.3 Å². The van der Waals surface area contributed by atoms with Crippen LogP contribution in [0.5, 0.6) is 11.6 Å². The Kier molecular flexibility index (Phi) is 4.25. The van der Waals surface area contributed by atoms with Crippen molar-refractivity contribution in [2.45, 2.75) is 6.92 Å². The first kappa shape index (κ1) is 17.1. The van der Waals surface area contributed by atoms with Crippen LogP contribution < -0.4 is 0 Å². The largest absolute Gasteiger partial charge is 0.503 e. The van der Waals surface area contributed by atoms with Crippen molar-refractivity contribution in [3.63, 3.8) is 0 Å². The van der Waals surface area contributed by atoms with Crippen molar-refractivity contribution in [3.05, 3.63) is 82.9 Å². The Bertz CT molecular complexity index is 1100. The monoisotopic (exact) mass is 376 g/mol. The molecule has 134 valence electrons. The quantitative estimate of drug-likeness (QED) is 0.512. The van der Waals surface area contributed by atoms with Crippen LogP contribution in [0.1, 0.15) is 21.5 Å². The summed E-state index contributed by atoms with van der Waals surface area (Å²) in [4.78, 5) is 17.4. The molecule has 0 bridgehead atoms. The highest BCUT2D eigenvalue weighted by molar-refractivity contribution is 7.12. The van der Waals surface area contributed by atoms with Crippen LogP contribution in [0, 0.1) is 6.92 Å². The van der Waals surface area contributed by atoms with E-state index in [0.29, 0.717) is 22.0 Å². The molecule has 0 aliphatic carbocycles. The van der Waals surface area contributed by atoms with E-state index in [0.717, 1.165) is 5.56 Å². The molecule has 0 spiro atoms. The van der Waals surface area contributed by atoms with Crippen molar-refractivity contribution in [2.75, 3.05) is 0 Å². The number of aromatic nitrogens is 2. The molecule has 0 unspecified atom stereocenters. The first-order valence-corrected chi connectivity index (χ1v) is 9.19. The van der Waals surface area contributed by atoms with Gasteiger partial charge in [-0.1, -0.05) is 60.2 Å². The van der Waals surface area contributed by atoms with Gasteiger partial charge in [0.15, 0.2) is 16.7 Å². The van der Waals surface area contributed by atoms with Crippen LogP contribution in [0.4, 0.5) is 0 Å². The average molecular weight is 376 g/mol. The number of thiazole rings is 1. The lowest BCUT2D eigenvalue weighted by Gasteiger charge is -2.10. The molecule has 0 amide bonds. The second kappa shape index (κ2) is 6.74. The van der Waals surface area contributed by atoms with Crippen molar-refractivity contribution in [1.82, 2.24) is 9.55 Å². The van der Waals surface area contributed by atoms with E-state index in [9.17, 15) is 15.0 Å². The molecule has 2 heterocycles. The van der Waals surface area contributed by atoms with E-state index in [1.54, 1.807) is 35.8 Å². The Labute approximate surface area is 159 Å². The zero-order valence-corrected chi connectivity index (χ0v) is 15.3. The lowest BCUT2D eigenvalue weighted by molar-refractivity contribution is 0.103. The zero-order chi connectivity index (χ0) is 19.0. The first-order chi connectivity index (χ1) is 13.1. The normalized spacial score (nSPS) is 10.9. The molecule has 6 heteroatoms. The fourth-order valence-corrected chi connectivity index (χ4v) is 3.64. The van der Waals surface area contributed by atoms with Gasteiger partial charge >= 0.3 is 0 Å². The van der Waals surface area contributed by atoms with Crippen molar-refractivity contribution in [1.29, 1.82) is 0 Å². The van der Waals surface area contributed by atoms with E-state index in [1.165, 1.54) is 15.9 Å². The Hall–Kier alpha value is -3.38. The molecule has 5 nitrogen and oxygen atoms in total. The minimum absolute atomic E-state index is 0.0535. The van der Waals surface area contributed by atoms with E-state index < -0.39 is 11.6 Å². The van der Waals surface area contributed by atoms with E-state index in [2.05, 4.69) is 4.98 Å². The molecular formula is C21H16N2O3S. The number of carbonyl (C=O) groups excluding carboxylic acids is 1. The Balaban J connectivity index is 2.02. The zero-order valence-electron chi connectivity index (χ0n) is 14.5. The molecule has 0 radical (unpaired) electrons. The maximum Gasteiger partial charge on any atom is 0.242 e. The SMILES string of the molecule is Cc1ccc(-c2c(C(=O)c3ccccc3)c(O)c(O)n2-c2nccs2)cc1. The minimum Gasteiger partial charge on any atom is -0.503 e. The lowest BCUT2D eigenvalue weighted by Crippen LogP contribution is -2.04. The molecule has 2 N–H and O–H groups in total. The number of aryl methyl sites for hydroxylation is 1. The van der Waals surface area contributed by atoms with Gasteiger partial charge in [-0.25, -0.2) is 4.98 Å². The molecule has 0 fully saturated rings. The summed E-state index contributed by atoms with van der Waals surface area (Å²) in [6.07, 6.45) is 1.61. The number of hydrogen-bond donors (Lipinski definition) is 2. The predicted molar refractivity (Wildman–Crippen MR) is 105 cm³/mol. The summed E-state index contributed by atoms with van der Waals surface area (Å²) in [6.45, 7) is 1.97. The molecule has 0 saturated carbocycles. The van der Waals surface area contributed by atoms with Gasteiger partial charge in [-0.3, -0.25) is 9.36 Å². The van der Waals surface area contributed by atoms with E-state index in [-0.39, 0.29) is 11.3 Å². The second-order valence-corrected chi connectivity index (χ2v) is 6.98. The van der Waals surface area contributed by atoms with Crippen molar-refractivity contribution >= 4 is 17.1 Å². The molecule has 0 aliphatic rings.